The third-order valence-electron chi connectivity index (χ3n) is 3.34. The molecular weight excluding hydrogens is 364 g/mol. The standard InChI is InChI=1S/C16H11ClN4O3S/c17-13-6-5-11(21(23)24)7-12(13)15(22)20-16-19-14(8-25-16)9-1-3-10(18)4-2-9/h1-8H,18H2,(H,19,20,22). The molecule has 1 amide bonds. The van der Waals surface area contributed by atoms with E-state index < -0.39 is 10.8 Å². The number of anilines is 2. The van der Waals surface area contributed by atoms with Gasteiger partial charge < -0.3 is 5.73 Å². The van der Waals surface area contributed by atoms with E-state index in [9.17, 15) is 14.9 Å². The van der Waals surface area contributed by atoms with Crippen LogP contribution in [-0.2, 0) is 0 Å². The highest BCUT2D eigenvalue weighted by Crippen LogP contribution is 2.27. The summed E-state index contributed by atoms with van der Waals surface area (Å²) in [6.07, 6.45) is 0. The summed E-state index contributed by atoms with van der Waals surface area (Å²) in [5.41, 5.74) is 7.65. The average Bonchev–Trinajstić information content (AvgIpc) is 3.04. The Morgan fingerprint density at radius 3 is 2.64 bits per heavy atom. The molecule has 0 saturated carbocycles. The monoisotopic (exact) mass is 374 g/mol. The minimum absolute atomic E-state index is 0.0140. The predicted molar refractivity (Wildman–Crippen MR) is 98.0 cm³/mol. The molecule has 3 rings (SSSR count). The van der Waals surface area contributed by atoms with Crippen molar-refractivity contribution < 1.29 is 9.72 Å². The number of hydrogen-bond donors (Lipinski definition) is 2. The first kappa shape index (κ1) is 16.9. The Labute approximate surface area is 151 Å². The lowest BCUT2D eigenvalue weighted by molar-refractivity contribution is -0.384. The second-order valence-corrected chi connectivity index (χ2v) is 6.30. The highest BCUT2D eigenvalue weighted by Gasteiger charge is 2.17. The number of nitrogens with zero attached hydrogens (tertiary/aromatic N) is 2. The number of nitro groups is 1. The summed E-state index contributed by atoms with van der Waals surface area (Å²) in [5, 5.41) is 15.7. The molecule has 1 heterocycles. The van der Waals surface area contributed by atoms with Gasteiger partial charge >= 0.3 is 0 Å². The van der Waals surface area contributed by atoms with Gasteiger partial charge in [0.2, 0.25) is 0 Å². The van der Waals surface area contributed by atoms with Gasteiger partial charge in [0, 0.05) is 28.8 Å². The number of non-ortho nitro benzene ring substituents is 1. The molecule has 9 heteroatoms. The van der Waals surface area contributed by atoms with E-state index >= 15 is 0 Å². The summed E-state index contributed by atoms with van der Waals surface area (Å²) in [6, 6.07) is 10.9. The number of rotatable bonds is 4. The van der Waals surface area contributed by atoms with Crippen molar-refractivity contribution in [3.8, 4) is 11.3 Å². The summed E-state index contributed by atoms with van der Waals surface area (Å²) < 4.78 is 0. The van der Waals surface area contributed by atoms with Crippen molar-refractivity contribution >= 4 is 45.4 Å². The molecule has 0 aliphatic heterocycles. The molecule has 0 fully saturated rings. The molecule has 0 spiro atoms. The van der Waals surface area contributed by atoms with Gasteiger partial charge in [-0.3, -0.25) is 20.2 Å². The number of nitrogen functional groups attached to an aromatic ring is 1. The molecule has 0 unspecified atom stereocenters. The predicted octanol–water partition coefficient (Wildman–Crippen LogP) is 4.21. The van der Waals surface area contributed by atoms with Crippen LogP contribution in [0.5, 0.6) is 0 Å². The van der Waals surface area contributed by atoms with Crippen LogP contribution in [0.1, 0.15) is 10.4 Å². The topological polar surface area (TPSA) is 111 Å². The number of benzene rings is 2. The Hall–Kier alpha value is -2.97. The molecule has 1 aromatic heterocycles. The van der Waals surface area contributed by atoms with Crippen LogP contribution >= 0.6 is 22.9 Å². The number of hydrogen-bond acceptors (Lipinski definition) is 6. The lowest BCUT2D eigenvalue weighted by atomic mass is 10.1. The summed E-state index contributed by atoms with van der Waals surface area (Å²) >= 11 is 7.20. The first-order valence-corrected chi connectivity index (χ1v) is 8.26. The molecule has 0 radical (unpaired) electrons. The number of amides is 1. The molecule has 126 valence electrons. The van der Waals surface area contributed by atoms with Gasteiger partial charge in [-0.2, -0.15) is 0 Å². The van der Waals surface area contributed by atoms with Gasteiger partial charge in [0.15, 0.2) is 5.13 Å². The zero-order valence-electron chi connectivity index (χ0n) is 12.6. The summed E-state index contributed by atoms with van der Waals surface area (Å²) in [7, 11) is 0. The van der Waals surface area contributed by atoms with E-state index in [1.54, 1.807) is 17.5 Å². The molecule has 25 heavy (non-hydrogen) atoms. The second-order valence-electron chi connectivity index (χ2n) is 5.04. The molecule has 0 saturated heterocycles. The van der Waals surface area contributed by atoms with Crippen molar-refractivity contribution in [1.29, 1.82) is 0 Å². The van der Waals surface area contributed by atoms with Gasteiger partial charge in [0.1, 0.15) is 0 Å². The number of carbonyl (C=O) groups is 1. The number of nitro benzene ring substituents is 1. The minimum Gasteiger partial charge on any atom is -0.399 e. The van der Waals surface area contributed by atoms with Crippen molar-refractivity contribution in [2.75, 3.05) is 11.1 Å². The normalized spacial score (nSPS) is 10.4. The maximum Gasteiger partial charge on any atom is 0.270 e. The Morgan fingerprint density at radius 2 is 1.96 bits per heavy atom. The van der Waals surface area contributed by atoms with Crippen molar-refractivity contribution in [3.05, 3.63) is 68.5 Å². The van der Waals surface area contributed by atoms with Gasteiger partial charge in [0.05, 0.1) is 21.2 Å². The SMILES string of the molecule is Nc1ccc(-c2csc(NC(=O)c3cc([N+](=O)[O-])ccc3Cl)n2)cc1. The van der Waals surface area contributed by atoms with Crippen LogP contribution in [0, 0.1) is 10.1 Å². The number of aromatic nitrogens is 1. The van der Waals surface area contributed by atoms with Crippen LogP contribution in [0.2, 0.25) is 5.02 Å². The minimum atomic E-state index is -0.588. The zero-order valence-corrected chi connectivity index (χ0v) is 14.2. The molecule has 7 nitrogen and oxygen atoms in total. The molecule has 0 bridgehead atoms. The fourth-order valence-corrected chi connectivity index (χ4v) is 3.00. The van der Waals surface area contributed by atoms with Gasteiger partial charge in [-0.05, 0) is 18.2 Å². The van der Waals surface area contributed by atoms with Crippen molar-refractivity contribution in [3.63, 3.8) is 0 Å². The van der Waals surface area contributed by atoms with Crippen molar-refractivity contribution in [2.24, 2.45) is 0 Å². The third kappa shape index (κ3) is 3.76. The molecule has 0 atom stereocenters. The summed E-state index contributed by atoms with van der Waals surface area (Å²) in [4.78, 5) is 26.9. The van der Waals surface area contributed by atoms with Crippen LogP contribution in [0.25, 0.3) is 11.3 Å². The Morgan fingerprint density at radius 1 is 1.24 bits per heavy atom. The van der Waals surface area contributed by atoms with Crippen LogP contribution in [0.3, 0.4) is 0 Å². The highest BCUT2D eigenvalue weighted by atomic mass is 35.5. The highest BCUT2D eigenvalue weighted by molar-refractivity contribution is 7.14. The van der Waals surface area contributed by atoms with E-state index in [-0.39, 0.29) is 16.3 Å². The molecule has 0 aliphatic carbocycles. The van der Waals surface area contributed by atoms with E-state index in [1.807, 2.05) is 12.1 Å². The van der Waals surface area contributed by atoms with Crippen molar-refractivity contribution in [1.82, 2.24) is 4.98 Å². The quantitative estimate of drug-likeness (QED) is 0.403. The van der Waals surface area contributed by atoms with Crippen LogP contribution in [-0.4, -0.2) is 15.8 Å². The lowest BCUT2D eigenvalue weighted by Gasteiger charge is -2.04. The number of nitrogens with two attached hydrogens (primary N) is 1. The fourth-order valence-electron chi connectivity index (χ4n) is 2.08. The molecule has 3 aromatic rings. The Balaban J connectivity index is 1.81. The number of halogens is 1. The Kier molecular flexibility index (Phi) is 4.64. The van der Waals surface area contributed by atoms with E-state index in [4.69, 9.17) is 17.3 Å². The number of thiazole rings is 1. The van der Waals surface area contributed by atoms with E-state index in [0.717, 1.165) is 11.6 Å². The zero-order chi connectivity index (χ0) is 18.0. The maximum absolute atomic E-state index is 12.3. The Bertz CT molecular complexity index is 956. The second kappa shape index (κ2) is 6.88. The van der Waals surface area contributed by atoms with Gasteiger partial charge in [-0.25, -0.2) is 4.98 Å². The molecule has 2 aromatic carbocycles. The summed E-state index contributed by atoms with van der Waals surface area (Å²) in [6.45, 7) is 0. The lowest BCUT2D eigenvalue weighted by Crippen LogP contribution is -2.12. The maximum atomic E-state index is 12.3. The van der Waals surface area contributed by atoms with Crippen molar-refractivity contribution in [2.45, 2.75) is 0 Å². The van der Waals surface area contributed by atoms with Gasteiger partial charge in [-0.15, -0.1) is 11.3 Å². The number of carbonyl (C=O) groups excluding carboxylic acids is 1. The molecule has 3 N–H and O–H groups in total. The first-order chi connectivity index (χ1) is 11.9. The average molecular weight is 375 g/mol. The van der Waals surface area contributed by atoms with E-state index in [1.165, 1.54) is 23.5 Å². The van der Waals surface area contributed by atoms with Crippen LogP contribution in [0.4, 0.5) is 16.5 Å². The first-order valence-electron chi connectivity index (χ1n) is 7.01. The molecular formula is C16H11ClN4O3S. The van der Waals surface area contributed by atoms with E-state index in [0.29, 0.717) is 16.5 Å². The third-order valence-corrected chi connectivity index (χ3v) is 4.42. The number of nitrogens with one attached hydrogen (secondary N) is 1. The summed E-state index contributed by atoms with van der Waals surface area (Å²) in [5.74, 6) is -0.563. The van der Waals surface area contributed by atoms with Crippen LogP contribution in [0.15, 0.2) is 47.8 Å². The largest absolute Gasteiger partial charge is 0.399 e. The molecule has 0 aliphatic rings. The van der Waals surface area contributed by atoms with E-state index in [2.05, 4.69) is 10.3 Å². The fraction of sp³-hybridized carbons (Fsp3) is 0. The van der Waals surface area contributed by atoms with Gasteiger partial charge in [0.25, 0.3) is 11.6 Å². The smallest absolute Gasteiger partial charge is 0.270 e. The van der Waals surface area contributed by atoms with Gasteiger partial charge in [-0.1, -0.05) is 23.7 Å². The van der Waals surface area contributed by atoms with Crippen LogP contribution < -0.4 is 11.1 Å².